The van der Waals surface area contributed by atoms with E-state index in [1.165, 1.54) is 51.4 Å². The topological polar surface area (TPSA) is 29.5 Å². The highest BCUT2D eigenvalue weighted by Crippen LogP contribution is 2.42. The molecule has 1 fully saturated rings. The number of rotatable bonds is 11. The van der Waals surface area contributed by atoms with Crippen LogP contribution in [0.25, 0.3) is 0 Å². The van der Waals surface area contributed by atoms with Gasteiger partial charge in [-0.15, -0.1) is 0 Å². The highest BCUT2D eigenvalue weighted by atomic mass is 16.5. The second kappa shape index (κ2) is 8.10. The summed E-state index contributed by atoms with van der Waals surface area (Å²) in [5.74, 6) is 0.516. The minimum Gasteiger partial charge on any atom is -0.387 e. The van der Waals surface area contributed by atoms with E-state index >= 15 is 0 Å². The summed E-state index contributed by atoms with van der Waals surface area (Å²) in [5.41, 5.74) is -0.516. The predicted octanol–water partition coefficient (Wildman–Crippen LogP) is 3.91. The molecule has 0 radical (unpaired) electrons. The van der Waals surface area contributed by atoms with Crippen molar-refractivity contribution in [3.63, 3.8) is 0 Å². The highest BCUT2D eigenvalue weighted by molar-refractivity contribution is 4.94. The minimum atomic E-state index is -0.516. The van der Waals surface area contributed by atoms with Crippen molar-refractivity contribution in [2.24, 2.45) is 5.92 Å². The van der Waals surface area contributed by atoms with Crippen LogP contribution in [0.1, 0.15) is 71.1 Å². The van der Waals surface area contributed by atoms with E-state index < -0.39 is 5.60 Å². The fraction of sp³-hybridized carbons (Fsp3) is 1.00. The first-order valence-electron chi connectivity index (χ1n) is 7.44. The van der Waals surface area contributed by atoms with Gasteiger partial charge < -0.3 is 9.84 Å². The van der Waals surface area contributed by atoms with Crippen molar-refractivity contribution in [3.05, 3.63) is 0 Å². The normalized spacial score (nSPS) is 19.2. The zero-order valence-electron chi connectivity index (χ0n) is 11.7. The maximum atomic E-state index is 10.5. The van der Waals surface area contributed by atoms with Crippen LogP contribution in [-0.2, 0) is 4.74 Å². The average Bonchev–Trinajstić information content (AvgIpc) is 3.12. The number of ether oxygens (including phenoxy) is 1. The third-order valence-corrected chi connectivity index (χ3v) is 3.94. The molecule has 17 heavy (non-hydrogen) atoms. The number of aliphatic hydroxyl groups is 1. The Bertz CT molecular complexity index is 189. The molecular formula is C15H30O2. The van der Waals surface area contributed by atoms with E-state index in [0.717, 1.165) is 12.8 Å². The number of unbranched alkanes of at least 4 members (excludes halogenated alkanes) is 6. The first-order valence-corrected chi connectivity index (χ1v) is 7.44. The number of hydrogen-bond acceptors (Lipinski definition) is 2. The SMILES string of the molecule is CCCCCCCCCC(O)(COC)C1CC1. The van der Waals surface area contributed by atoms with Gasteiger partial charge in [0.25, 0.3) is 0 Å². The summed E-state index contributed by atoms with van der Waals surface area (Å²) < 4.78 is 5.17. The Balaban J connectivity index is 2.03. The molecule has 1 N–H and O–H groups in total. The van der Waals surface area contributed by atoms with Crippen molar-refractivity contribution in [1.82, 2.24) is 0 Å². The van der Waals surface area contributed by atoms with Crippen LogP contribution >= 0.6 is 0 Å². The molecule has 1 unspecified atom stereocenters. The Kier molecular flexibility index (Phi) is 7.14. The fourth-order valence-corrected chi connectivity index (χ4v) is 2.65. The number of hydrogen-bond donors (Lipinski definition) is 1. The Hall–Kier alpha value is -0.0800. The molecule has 0 saturated heterocycles. The molecule has 0 aromatic rings. The lowest BCUT2D eigenvalue weighted by Crippen LogP contribution is -2.36. The third-order valence-electron chi connectivity index (χ3n) is 3.94. The van der Waals surface area contributed by atoms with Gasteiger partial charge in [-0.05, 0) is 25.2 Å². The van der Waals surface area contributed by atoms with E-state index in [1.807, 2.05) is 0 Å². The zero-order chi connectivity index (χ0) is 12.6. The molecule has 102 valence electrons. The molecule has 2 heteroatoms. The van der Waals surface area contributed by atoms with Gasteiger partial charge in [0, 0.05) is 7.11 Å². The molecule has 1 saturated carbocycles. The van der Waals surface area contributed by atoms with Crippen molar-refractivity contribution >= 4 is 0 Å². The summed E-state index contributed by atoms with van der Waals surface area (Å²) in [6.07, 6.45) is 12.5. The van der Waals surface area contributed by atoms with Gasteiger partial charge >= 0.3 is 0 Å². The van der Waals surface area contributed by atoms with Gasteiger partial charge in [0.05, 0.1) is 12.2 Å². The molecular weight excluding hydrogens is 212 g/mol. The van der Waals surface area contributed by atoms with E-state index in [9.17, 15) is 5.11 Å². The van der Waals surface area contributed by atoms with Crippen LogP contribution in [0, 0.1) is 5.92 Å². The van der Waals surface area contributed by atoms with Crippen LogP contribution in [0.5, 0.6) is 0 Å². The Morgan fingerprint density at radius 1 is 1.06 bits per heavy atom. The lowest BCUT2D eigenvalue weighted by Gasteiger charge is -2.27. The molecule has 1 rings (SSSR count). The van der Waals surface area contributed by atoms with Crippen LogP contribution in [-0.4, -0.2) is 24.4 Å². The summed E-state index contributed by atoms with van der Waals surface area (Å²) >= 11 is 0. The quantitative estimate of drug-likeness (QED) is 0.557. The maximum Gasteiger partial charge on any atom is 0.0907 e. The molecule has 1 atom stereocenters. The van der Waals surface area contributed by atoms with Gasteiger partial charge in [0.15, 0.2) is 0 Å². The van der Waals surface area contributed by atoms with Crippen LogP contribution in [0.15, 0.2) is 0 Å². The van der Waals surface area contributed by atoms with Crippen molar-refractivity contribution in [1.29, 1.82) is 0 Å². The predicted molar refractivity (Wildman–Crippen MR) is 72.2 cm³/mol. The second-order valence-corrected chi connectivity index (χ2v) is 5.68. The average molecular weight is 242 g/mol. The van der Waals surface area contributed by atoms with Crippen molar-refractivity contribution < 1.29 is 9.84 Å². The van der Waals surface area contributed by atoms with Gasteiger partial charge in [0.1, 0.15) is 0 Å². The molecule has 0 aliphatic heterocycles. The summed E-state index contributed by atoms with van der Waals surface area (Å²) in [6, 6.07) is 0. The molecule has 0 aromatic heterocycles. The van der Waals surface area contributed by atoms with Crippen molar-refractivity contribution in [2.75, 3.05) is 13.7 Å². The Morgan fingerprint density at radius 3 is 2.18 bits per heavy atom. The standard InChI is InChI=1S/C15H30O2/c1-3-4-5-6-7-8-9-12-15(16,13-17-2)14-10-11-14/h14,16H,3-13H2,1-2H3. The molecule has 0 spiro atoms. The van der Waals surface area contributed by atoms with E-state index in [1.54, 1.807) is 7.11 Å². The summed E-state index contributed by atoms with van der Waals surface area (Å²) in [7, 11) is 1.69. The second-order valence-electron chi connectivity index (χ2n) is 5.68. The molecule has 0 amide bonds. The molecule has 0 aromatic carbocycles. The van der Waals surface area contributed by atoms with E-state index in [-0.39, 0.29) is 0 Å². The summed E-state index contributed by atoms with van der Waals surface area (Å²) in [4.78, 5) is 0. The van der Waals surface area contributed by atoms with Crippen LogP contribution in [0.4, 0.5) is 0 Å². The van der Waals surface area contributed by atoms with E-state index in [4.69, 9.17) is 4.74 Å². The van der Waals surface area contributed by atoms with Gasteiger partial charge in [-0.3, -0.25) is 0 Å². The smallest absolute Gasteiger partial charge is 0.0907 e. The Labute approximate surface area is 107 Å². The maximum absolute atomic E-state index is 10.5. The van der Waals surface area contributed by atoms with E-state index in [2.05, 4.69) is 6.92 Å². The lowest BCUT2D eigenvalue weighted by molar-refractivity contribution is -0.0553. The third kappa shape index (κ3) is 5.87. The van der Waals surface area contributed by atoms with Gasteiger partial charge in [-0.2, -0.15) is 0 Å². The Morgan fingerprint density at radius 2 is 1.65 bits per heavy atom. The van der Waals surface area contributed by atoms with Crippen LogP contribution in [0.3, 0.4) is 0 Å². The summed E-state index contributed by atoms with van der Waals surface area (Å²) in [6.45, 7) is 2.77. The number of methoxy groups -OCH3 is 1. The van der Waals surface area contributed by atoms with Crippen LogP contribution < -0.4 is 0 Å². The fourth-order valence-electron chi connectivity index (χ4n) is 2.65. The first-order chi connectivity index (χ1) is 8.23. The summed E-state index contributed by atoms with van der Waals surface area (Å²) in [5, 5.41) is 10.5. The lowest BCUT2D eigenvalue weighted by atomic mass is 9.91. The molecule has 1 aliphatic rings. The highest BCUT2D eigenvalue weighted by Gasteiger charge is 2.43. The van der Waals surface area contributed by atoms with E-state index in [0.29, 0.717) is 12.5 Å². The van der Waals surface area contributed by atoms with Crippen LogP contribution in [0.2, 0.25) is 0 Å². The van der Waals surface area contributed by atoms with Crippen molar-refractivity contribution in [2.45, 2.75) is 76.7 Å². The molecule has 0 heterocycles. The van der Waals surface area contributed by atoms with Gasteiger partial charge in [0.2, 0.25) is 0 Å². The molecule has 0 bridgehead atoms. The zero-order valence-corrected chi connectivity index (χ0v) is 11.7. The van der Waals surface area contributed by atoms with Crippen molar-refractivity contribution in [3.8, 4) is 0 Å². The largest absolute Gasteiger partial charge is 0.387 e. The molecule has 2 nitrogen and oxygen atoms in total. The monoisotopic (exact) mass is 242 g/mol. The molecule has 1 aliphatic carbocycles. The van der Waals surface area contributed by atoms with Gasteiger partial charge in [-0.1, -0.05) is 51.9 Å². The first kappa shape index (κ1) is 15.0. The minimum absolute atomic E-state index is 0.516. The van der Waals surface area contributed by atoms with Gasteiger partial charge in [-0.25, -0.2) is 0 Å².